The SMILES string of the molecule is Cc1cccc(CSC2=N[C@H]3CS(=O)(=O)C[C@@H]3N2c2ccc(C)cc2C)c1. The summed E-state index contributed by atoms with van der Waals surface area (Å²) in [7, 11) is -3.02. The Labute approximate surface area is 165 Å². The number of fused-ring (bicyclic) bond motifs is 1. The van der Waals surface area contributed by atoms with Crippen LogP contribution in [0.1, 0.15) is 22.3 Å². The molecule has 0 spiro atoms. The number of hydrogen-bond acceptors (Lipinski definition) is 5. The van der Waals surface area contributed by atoms with Gasteiger partial charge in [0.05, 0.1) is 23.6 Å². The topological polar surface area (TPSA) is 49.7 Å². The Morgan fingerprint density at radius 1 is 1.07 bits per heavy atom. The number of amidine groups is 1. The molecule has 4 rings (SSSR count). The molecule has 1 fully saturated rings. The second-order valence-electron chi connectivity index (χ2n) is 7.56. The number of nitrogens with zero attached hydrogens (tertiary/aromatic N) is 2. The van der Waals surface area contributed by atoms with Crippen molar-refractivity contribution in [1.82, 2.24) is 0 Å². The average Bonchev–Trinajstić information content (AvgIpc) is 3.05. The first-order valence-electron chi connectivity index (χ1n) is 9.15. The maximum atomic E-state index is 12.2. The summed E-state index contributed by atoms with van der Waals surface area (Å²) in [6.07, 6.45) is 0. The molecule has 0 saturated carbocycles. The third kappa shape index (κ3) is 3.78. The third-order valence-electron chi connectivity index (χ3n) is 5.17. The van der Waals surface area contributed by atoms with E-state index in [4.69, 9.17) is 4.99 Å². The van der Waals surface area contributed by atoms with E-state index in [0.29, 0.717) is 0 Å². The van der Waals surface area contributed by atoms with Gasteiger partial charge in [-0.2, -0.15) is 0 Å². The molecule has 2 aliphatic rings. The van der Waals surface area contributed by atoms with Gasteiger partial charge in [0.25, 0.3) is 0 Å². The summed E-state index contributed by atoms with van der Waals surface area (Å²) in [6, 6.07) is 14.6. The van der Waals surface area contributed by atoms with Crippen LogP contribution in [-0.2, 0) is 15.6 Å². The minimum Gasteiger partial charge on any atom is -0.315 e. The molecule has 2 heterocycles. The predicted octanol–water partition coefficient (Wildman–Crippen LogP) is 3.89. The summed E-state index contributed by atoms with van der Waals surface area (Å²) in [5.74, 6) is 1.17. The van der Waals surface area contributed by atoms with Gasteiger partial charge in [0.15, 0.2) is 15.0 Å². The van der Waals surface area contributed by atoms with Crippen molar-refractivity contribution in [2.45, 2.75) is 38.6 Å². The highest BCUT2D eigenvalue weighted by atomic mass is 32.2. The molecule has 0 aliphatic carbocycles. The van der Waals surface area contributed by atoms with E-state index in [9.17, 15) is 8.42 Å². The van der Waals surface area contributed by atoms with Gasteiger partial charge in [-0.25, -0.2) is 8.42 Å². The molecule has 0 amide bonds. The van der Waals surface area contributed by atoms with Gasteiger partial charge in [0.1, 0.15) is 0 Å². The number of thioether (sulfide) groups is 1. The van der Waals surface area contributed by atoms with Crippen molar-refractivity contribution >= 4 is 32.5 Å². The van der Waals surface area contributed by atoms with Crippen molar-refractivity contribution in [2.75, 3.05) is 16.4 Å². The fourth-order valence-electron chi connectivity index (χ4n) is 3.94. The van der Waals surface area contributed by atoms with Crippen molar-refractivity contribution in [3.63, 3.8) is 0 Å². The van der Waals surface area contributed by atoms with Gasteiger partial charge < -0.3 is 4.90 Å². The minimum absolute atomic E-state index is 0.0867. The standard InChI is InChI=1S/C21H24N2O2S2/c1-14-5-4-6-17(10-14)11-26-21-22-18-12-27(24,25)13-20(18)23(21)19-8-7-15(2)9-16(19)3/h4-10,18,20H,11-13H2,1-3H3/t18-,20-/m0/s1. The zero-order valence-corrected chi connectivity index (χ0v) is 17.5. The Morgan fingerprint density at radius 2 is 1.85 bits per heavy atom. The highest BCUT2D eigenvalue weighted by Gasteiger charge is 2.47. The summed E-state index contributed by atoms with van der Waals surface area (Å²) in [5.41, 5.74) is 5.94. The van der Waals surface area contributed by atoms with E-state index in [1.807, 2.05) is 0 Å². The molecule has 142 valence electrons. The van der Waals surface area contributed by atoms with Crippen LogP contribution in [0, 0.1) is 20.8 Å². The second-order valence-corrected chi connectivity index (χ2v) is 10.7. The number of anilines is 1. The van der Waals surface area contributed by atoms with Gasteiger partial charge in [-0.3, -0.25) is 4.99 Å². The third-order valence-corrected chi connectivity index (χ3v) is 7.91. The van der Waals surface area contributed by atoms with E-state index in [0.717, 1.165) is 22.2 Å². The largest absolute Gasteiger partial charge is 0.315 e. The fraction of sp³-hybridized carbons (Fsp3) is 0.381. The quantitative estimate of drug-likeness (QED) is 0.784. The first-order valence-corrected chi connectivity index (χ1v) is 12.0. The molecule has 2 aromatic carbocycles. The van der Waals surface area contributed by atoms with Crippen molar-refractivity contribution in [3.8, 4) is 0 Å². The van der Waals surface area contributed by atoms with Crippen LogP contribution in [0.4, 0.5) is 5.69 Å². The summed E-state index contributed by atoms with van der Waals surface area (Å²) in [5, 5.41) is 0.938. The van der Waals surface area contributed by atoms with E-state index in [2.05, 4.69) is 68.1 Å². The zero-order valence-electron chi connectivity index (χ0n) is 15.8. The fourth-order valence-corrected chi connectivity index (χ4v) is 6.84. The summed E-state index contributed by atoms with van der Waals surface area (Å²) < 4.78 is 24.4. The number of rotatable bonds is 3. The molecule has 2 aromatic rings. The van der Waals surface area contributed by atoms with Crippen LogP contribution >= 0.6 is 11.8 Å². The molecule has 2 aliphatic heterocycles. The van der Waals surface area contributed by atoms with E-state index < -0.39 is 9.84 Å². The Balaban J connectivity index is 1.65. The van der Waals surface area contributed by atoms with Crippen LogP contribution in [0.15, 0.2) is 47.5 Å². The van der Waals surface area contributed by atoms with Crippen LogP contribution in [0.2, 0.25) is 0 Å². The lowest BCUT2D eigenvalue weighted by Crippen LogP contribution is -2.39. The maximum Gasteiger partial charge on any atom is 0.164 e. The van der Waals surface area contributed by atoms with E-state index >= 15 is 0 Å². The number of hydrogen-bond donors (Lipinski definition) is 0. The normalized spacial score (nSPS) is 23.4. The molecule has 0 N–H and O–H groups in total. The first kappa shape index (κ1) is 18.6. The van der Waals surface area contributed by atoms with E-state index in [1.165, 1.54) is 16.7 Å². The Kier molecular flexibility index (Phi) is 4.80. The molecule has 6 heteroatoms. The molecular formula is C21H24N2O2S2. The molecule has 1 saturated heterocycles. The first-order chi connectivity index (χ1) is 12.8. The molecule has 0 bridgehead atoms. The van der Waals surface area contributed by atoms with Gasteiger partial charge >= 0.3 is 0 Å². The number of aliphatic imine (C=N–C) groups is 1. The lowest BCUT2D eigenvalue weighted by Gasteiger charge is -2.28. The average molecular weight is 401 g/mol. The minimum atomic E-state index is -3.02. The van der Waals surface area contributed by atoms with Crippen molar-refractivity contribution in [1.29, 1.82) is 0 Å². The summed E-state index contributed by atoms with van der Waals surface area (Å²) in [4.78, 5) is 7.00. The predicted molar refractivity (Wildman–Crippen MR) is 115 cm³/mol. The molecule has 2 atom stereocenters. The lowest BCUT2D eigenvalue weighted by atomic mass is 10.1. The van der Waals surface area contributed by atoms with Gasteiger partial charge in [-0.05, 0) is 38.0 Å². The van der Waals surface area contributed by atoms with Crippen LogP contribution in [0.5, 0.6) is 0 Å². The van der Waals surface area contributed by atoms with Crippen LogP contribution in [0.3, 0.4) is 0 Å². The summed E-state index contributed by atoms with van der Waals surface area (Å²) in [6.45, 7) is 6.26. The highest BCUT2D eigenvalue weighted by molar-refractivity contribution is 8.13. The van der Waals surface area contributed by atoms with Crippen LogP contribution < -0.4 is 4.90 Å². The summed E-state index contributed by atoms with van der Waals surface area (Å²) >= 11 is 1.70. The number of benzene rings is 2. The van der Waals surface area contributed by atoms with Gasteiger partial charge in [0, 0.05) is 11.4 Å². The molecule has 4 nitrogen and oxygen atoms in total. The Hall–Kier alpha value is -1.79. The van der Waals surface area contributed by atoms with E-state index in [1.54, 1.807) is 11.8 Å². The monoisotopic (exact) mass is 400 g/mol. The second kappa shape index (κ2) is 6.99. The van der Waals surface area contributed by atoms with Crippen LogP contribution in [-0.4, -0.2) is 37.2 Å². The van der Waals surface area contributed by atoms with Crippen molar-refractivity contribution in [3.05, 3.63) is 64.7 Å². The maximum absolute atomic E-state index is 12.2. The van der Waals surface area contributed by atoms with E-state index in [-0.39, 0.29) is 23.6 Å². The lowest BCUT2D eigenvalue weighted by molar-refractivity contribution is 0.601. The molecule has 0 radical (unpaired) electrons. The smallest absolute Gasteiger partial charge is 0.164 e. The van der Waals surface area contributed by atoms with Crippen molar-refractivity contribution < 1.29 is 8.42 Å². The molecular weight excluding hydrogens is 376 g/mol. The van der Waals surface area contributed by atoms with Gasteiger partial charge in [-0.15, -0.1) is 0 Å². The zero-order chi connectivity index (χ0) is 19.2. The number of sulfone groups is 1. The van der Waals surface area contributed by atoms with Gasteiger partial charge in [0.2, 0.25) is 0 Å². The molecule has 27 heavy (non-hydrogen) atoms. The number of aryl methyl sites for hydroxylation is 3. The molecule has 0 unspecified atom stereocenters. The van der Waals surface area contributed by atoms with Crippen LogP contribution in [0.25, 0.3) is 0 Å². The Morgan fingerprint density at radius 3 is 2.59 bits per heavy atom. The molecule has 0 aromatic heterocycles. The van der Waals surface area contributed by atoms with Crippen molar-refractivity contribution in [2.24, 2.45) is 4.99 Å². The highest BCUT2D eigenvalue weighted by Crippen LogP contribution is 2.37. The Bertz CT molecular complexity index is 1010. The van der Waals surface area contributed by atoms with Gasteiger partial charge in [-0.1, -0.05) is 59.3 Å².